The highest BCUT2D eigenvalue weighted by molar-refractivity contribution is 5.20. The SMILES string of the molecule is CC(O)Oc1ccccc1.OCCO. The van der Waals surface area contributed by atoms with Crippen molar-refractivity contribution in [2.24, 2.45) is 0 Å². The lowest BCUT2D eigenvalue weighted by Gasteiger charge is -2.06. The third-order valence-corrected chi connectivity index (χ3v) is 1.15. The molecule has 3 N–H and O–H groups in total. The van der Waals surface area contributed by atoms with Crippen molar-refractivity contribution in [3.8, 4) is 5.75 Å². The third-order valence-electron chi connectivity index (χ3n) is 1.15. The molecule has 0 saturated heterocycles. The zero-order chi connectivity index (χ0) is 10.8. The van der Waals surface area contributed by atoms with Crippen LogP contribution in [0.2, 0.25) is 0 Å². The van der Waals surface area contributed by atoms with Crippen LogP contribution in [0.15, 0.2) is 30.3 Å². The first-order valence-corrected chi connectivity index (χ1v) is 4.32. The summed E-state index contributed by atoms with van der Waals surface area (Å²) >= 11 is 0. The van der Waals surface area contributed by atoms with Crippen LogP contribution >= 0.6 is 0 Å². The summed E-state index contributed by atoms with van der Waals surface area (Å²) in [7, 11) is 0. The molecule has 4 heteroatoms. The summed E-state index contributed by atoms with van der Waals surface area (Å²) in [5, 5.41) is 24.0. The van der Waals surface area contributed by atoms with Crippen molar-refractivity contribution in [2.45, 2.75) is 13.2 Å². The van der Waals surface area contributed by atoms with E-state index >= 15 is 0 Å². The number of rotatable bonds is 3. The summed E-state index contributed by atoms with van der Waals surface area (Å²) in [6.07, 6.45) is -0.734. The van der Waals surface area contributed by atoms with E-state index in [1.807, 2.05) is 18.2 Å². The molecule has 1 atom stereocenters. The van der Waals surface area contributed by atoms with Crippen LogP contribution in [0.25, 0.3) is 0 Å². The molecular formula is C10H16O4. The minimum atomic E-state index is -0.734. The van der Waals surface area contributed by atoms with E-state index in [-0.39, 0.29) is 13.2 Å². The van der Waals surface area contributed by atoms with E-state index in [9.17, 15) is 0 Å². The fourth-order valence-electron chi connectivity index (χ4n) is 0.696. The van der Waals surface area contributed by atoms with Gasteiger partial charge in [-0.3, -0.25) is 0 Å². The zero-order valence-corrected chi connectivity index (χ0v) is 8.13. The normalized spacial score (nSPS) is 11.1. The van der Waals surface area contributed by atoms with Gasteiger partial charge in [0.25, 0.3) is 0 Å². The molecule has 4 nitrogen and oxygen atoms in total. The Balaban J connectivity index is 0.000000364. The number of ether oxygens (including phenoxy) is 1. The molecule has 0 heterocycles. The summed E-state index contributed by atoms with van der Waals surface area (Å²) in [5.74, 6) is 0.692. The molecule has 1 aromatic carbocycles. The Morgan fingerprint density at radius 2 is 1.64 bits per heavy atom. The van der Waals surface area contributed by atoms with Gasteiger partial charge in [-0.15, -0.1) is 0 Å². The molecule has 1 aromatic rings. The molecule has 14 heavy (non-hydrogen) atoms. The van der Waals surface area contributed by atoms with Gasteiger partial charge in [0.2, 0.25) is 0 Å². The van der Waals surface area contributed by atoms with Crippen LogP contribution in [-0.4, -0.2) is 34.8 Å². The van der Waals surface area contributed by atoms with E-state index in [0.717, 1.165) is 0 Å². The Hall–Kier alpha value is -1.10. The highest BCUT2D eigenvalue weighted by Crippen LogP contribution is 2.08. The van der Waals surface area contributed by atoms with Gasteiger partial charge in [-0.05, 0) is 19.1 Å². The van der Waals surface area contributed by atoms with E-state index in [4.69, 9.17) is 20.1 Å². The summed E-state index contributed by atoms with van der Waals surface area (Å²) in [5.41, 5.74) is 0. The summed E-state index contributed by atoms with van der Waals surface area (Å²) < 4.78 is 4.97. The lowest BCUT2D eigenvalue weighted by Crippen LogP contribution is -2.08. The maximum atomic E-state index is 8.78. The quantitative estimate of drug-likeness (QED) is 0.617. The maximum Gasteiger partial charge on any atom is 0.194 e. The number of benzene rings is 1. The molecule has 0 saturated carbocycles. The minimum absolute atomic E-state index is 0.125. The van der Waals surface area contributed by atoms with Gasteiger partial charge >= 0.3 is 0 Å². The second-order valence-corrected chi connectivity index (χ2v) is 2.48. The molecule has 1 rings (SSSR count). The largest absolute Gasteiger partial charge is 0.465 e. The van der Waals surface area contributed by atoms with Gasteiger partial charge in [0.1, 0.15) is 5.75 Å². The van der Waals surface area contributed by atoms with Crippen molar-refractivity contribution >= 4 is 0 Å². The van der Waals surface area contributed by atoms with E-state index in [1.165, 1.54) is 0 Å². The van der Waals surface area contributed by atoms with Gasteiger partial charge in [-0.2, -0.15) is 0 Å². The third kappa shape index (κ3) is 7.54. The Kier molecular flexibility index (Phi) is 7.83. The predicted octanol–water partition coefficient (Wildman–Crippen LogP) is 0.375. The smallest absolute Gasteiger partial charge is 0.194 e. The summed E-state index contributed by atoms with van der Waals surface area (Å²) in [4.78, 5) is 0. The molecule has 1 unspecified atom stereocenters. The van der Waals surface area contributed by atoms with Crippen LogP contribution < -0.4 is 4.74 Å². The molecule has 0 spiro atoms. The van der Waals surface area contributed by atoms with Crippen molar-refractivity contribution < 1.29 is 20.1 Å². The first kappa shape index (κ1) is 12.9. The van der Waals surface area contributed by atoms with Crippen LogP contribution in [0.1, 0.15) is 6.92 Å². The number of para-hydroxylation sites is 1. The van der Waals surface area contributed by atoms with Gasteiger partial charge in [-0.25, -0.2) is 0 Å². The average molecular weight is 200 g/mol. The molecule has 0 aliphatic heterocycles. The van der Waals surface area contributed by atoms with Crippen molar-refractivity contribution in [3.05, 3.63) is 30.3 Å². The molecule has 0 aromatic heterocycles. The number of aliphatic hydroxyl groups excluding tert-OH is 3. The van der Waals surface area contributed by atoms with E-state index < -0.39 is 6.29 Å². The van der Waals surface area contributed by atoms with E-state index in [2.05, 4.69) is 0 Å². The topological polar surface area (TPSA) is 69.9 Å². The predicted molar refractivity (Wildman–Crippen MR) is 52.9 cm³/mol. The fourth-order valence-corrected chi connectivity index (χ4v) is 0.696. The van der Waals surface area contributed by atoms with E-state index in [0.29, 0.717) is 5.75 Å². The first-order chi connectivity index (χ1) is 6.70. The molecule has 0 aliphatic carbocycles. The monoisotopic (exact) mass is 200 g/mol. The van der Waals surface area contributed by atoms with Gasteiger partial charge in [0.15, 0.2) is 6.29 Å². The first-order valence-electron chi connectivity index (χ1n) is 4.32. The number of aliphatic hydroxyl groups is 3. The molecule has 0 radical (unpaired) electrons. The van der Waals surface area contributed by atoms with Gasteiger partial charge in [-0.1, -0.05) is 18.2 Å². The highest BCUT2D eigenvalue weighted by Gasteiger charge is 1.94. The second kappa shape index (κ2) is 8.50. The highest BCUT2D eigenvalue weighted by atomic mass is 16.6. The van der Waals surface area contributed by atoms with Crippen LogP contribution in [0.5, 0.6) is 5.75 Å². The van der Waals surface area contributed by atoms with Crippen LogP contribution in [-0.2, 0) is 0 Å². The van der Waals surface area contributed by atoms with Gasteiger partial charge in [0, 0.05) is 0 Å². The average Bonchev–Trinajstić information content (AvgIpc) is 2.19. The Morgan fingerprint density at radius 1 is 1.14 bits per heavy atom. The molecule has 0 amide bonds. The van der Waals surface area contributed by atoms with Gasteiger partial charge in [0.05, 0.1) is 13.2 Å². The Morgan fingerprint density at radius 3 is 2.00 bits per heavy atom. The van der Waals surface area contributed by atoms with Crippen molar-refractivity contribution in [2.75, 3.05) is 13.2 Å². The molecule has 0 aliphatic rings. The van der Waals surface area contributed by atoms with Crippen molar-refractivity contribution in [1.29, 1.82) is 0 Å². The van der Waals surface area contributed by atoms with Crippen LogP contribution in [0, 0.1) is 0 Å². The minimum Gasteiger partial charge on any atom is -0.465 e. The number of hydrogen-bond acceptors (Lipinski definition) is 4. The van der Waals surface area contributed by atoms with E-state index in [1.54, 1.807) is 19.1 Å². The molecule has 0 fully saturated rings. The van der Waals surface area contributed by atoms with Gasteiger partial charge < -0.3 is 20.1 Å². The van der Waals surface area contributed by atoms with Crippen molar-refractivity contribution in [1.82, 2.24) is 0 Å². The molecule has 80 valence electrons. The number of hydrogen-bond donors (Lipinski definition) is 3. The fraction of sp³-hybridized carbons (Fsp3) is 0.400. The Labute approximate surface area is 83.4 Å². The molecule has 0 bridgehead atoms. The zero-order valence-electron chi connectivity index (χ0n) is 8.13. The summed E-state index contributed by atoms with van der Waals surface area (Å²) in [6.45, 7) is 1.33. The maximum absolute atomic E-state index is 8.78. The lowest BCUT2D eigenvalue weighted by atomic mass is 10.3. The standard InChI is InChI=1S/C8H10O2.C2H6O2/c1-7(9)10-8-5-3-2-4-6-8;3-1-2-4/h2-7,9H,1H3;3-4H,1-2H2. The van der Waals surface area contributed by atoms with Crippen LogP contribution in [0.3, 0.4) is 0 Å². The van der Waals surface area contributed by atoms with Crippen molar-refractivity contribution in [3.63, 3.8) is 0 Å². The summed E-state index contributed by atoms with van der Waals surface area (Å²) in [6, 6.07) is 9.21. The van der Waals surface area contributed by atoms with Crippen LogP contribution in [0.4, 0.5) is 0 Å². The Bertz CT molecular complexity index is 209. The molecular weight excluding hydrogens is 184 g/mol. The lowest BCUT2D eigenvalue weighted by molar-refractivity contribution is -0.000288. The second-order valence-electron chi connectivity index (χ2n) is 2.48.